The molecule has 4 rings (SSSR count). The van der Waals surface area contributed by atoms with E-state index in [1.54, 1.807) is 0 Å². The summed E-state index contributed by atoms with van der Waals surface area (Å²) >= 11 is 0. The average molecular weight is 346 g/mol. The van der Waals surface area contributed by atoms with Crippen LogP contribution in [0.4, 0.5) is 0 Å². The number of benzene rings is 1. The van der Waals surface area contributed by atoms with Gasteiger partial charge < -0.3 is 19.5 Å². The van der Waals surface area contributed by atoms with E-state index in [9.17, 15) is 4.79 Å². The lowest BCUT2D eigenvalue weighted by atomic mass is 9.75. The molecule has 0 unspecified atom stereocenters. The van der Waals surface area contributed by atoms with Crippen LogP contribution in [0.5, 0.6) is 11.5 Å². The number of likely N-dealkylation sites (tertiary alicyclic amines) is 1. The number of rotatable bonds is 4. The van der Waals surface area contributed by atoms with Crippen molar-refractivity contribution in [1.82, 2.24) is 10.2 Å². The standard InChI is InChI=1S/C19H26N2O4/c1-13(2)20-18(22)19-6-8-23-17(19)5-7-21(11-19)10-14-3-4-15-16(9-14)25-12-24-15/h3-4,9,13,17H,5-8,10-12H2,1-2H3,(H,20,22)/t17-,19-/m1/s1. The van der Waals surface area contributed by atoms with Gasteiger partial charge in [0.25, 0.3) is 0 Å². The van der Waals surface area contributed by atoms with Crippen LogP contribution in [0.3, 0.4) is 0 Å². The largest absolute Gasteiger partial charge is 0.454 e. The van der Waals surface area contributed by atoms with E-state index in [0.717, 1.165) is 44.0 Å². The molecule has 3 heterocycles. The zero-order valence-corrected chi connectivity index (χ0v) is 14.9. The Hall–Kier alpha value is -1.79. The Morgan fingerprint density at radius 1 is 1.36 bits per heavy atom. The Morgan fingerprint density at radius 3 is 3.04 bits per heavy atom. The zero-order valence-electron chi connectivity index (χ0n) is 14.9. The van der Waals surface area contributed by atoms with Crippen molar-refractivity contribution in [2.45, 2.75) is 45.4 Å². The van der Waals surface area contributed by atoms with Gasteiger partial charge in [0, 0.05) is 32.3 Å². The molecule has 0 aliphatic carbocycles. The second-order valence-electron chi connectivity index (χ2n) is 7.58. The topological polar surface area (TPSA) is 60.0 Å². The van der Waals surface area contributed by atoms with E-state index < -0.39 is 5.41 Å². The Kier molecular flexibility index (Phi) is 4.33. The quantitative estimate of drug-likeness (QED) is 0.903. The SMILES string of the molecule is CC(C)NC(=O)[C@@]12CCO[C@@H]1CCN(Cc1ccc3c(c1)OCO3)C2. The second kappa shape index (κ2) is 6.50. The Labute approximate surface area is 148 Å². The van der Waals surface area contributed by atoms with Crippen molar-refractivity contribution in [3.63, 3.8) is 0 Å². The van der Waals surface area contributed by atoms with E-state index in [1.807, 2.05) is 26.0 Å². The number of nitrogens with one attached hydrogen (secondary N) is 1. The number of ether oxygens (including phenoxy) is 3. The van der Waals surface area contributed by atoms with Gasteiger partial charge in [-0.25, -0.2) is 0 Å². The molecule has 136 valence electrons. The van der Waals surface area contributed by atoms with Crippen molar-refractivity contribution >= 4 is 5.91 Å². The molecule has 3 aliphatic rings. The third-order valence-electron chi connectivity index (χ3n) is 5.41. The molecule has 0 spiro atoms. The fourth-order valence-electron chi connectivity index (χ4n) is 4.19. The molecule has 3 aliphatic heterocycles. The van der Waals surface area contributed by atoms with Crippen LogP contribution in [0.15, 0.2) is 18.2 Å². The van der Waals surface area contributed by atoms with Crippen molar-refractivity contribution in [2.24, 2.45) is 5.41 Å². The van der Waals surface area contributed by atoms with Crippen LogP contribution in [0.2, 0.25) is 0 Å². The van der Waals surface area contributed by atoms with Crippen molar-refractivity contribution < 1.29 is 19.0 Å². The summed E-state index contributed by atoms with van der Waals surface area (Å²) in [5.41, 5.74) is 0.764. The van der Waals surface area contributed by atoms with E-state index in [-0.39, 0.29) is 18.1 Å². The third kappa shape index (κ3) is 3.09. The highest BCUT2D eigenvalue weighted by atomic mass is 16.7. The van der Waals surface area contributed by atoms with Crippen LogP contribution < -0.4 is 14.8 Å². The van der Waals surface area contributed by atoms with Crippen LogP contribution in [0.1, 0.15) is 32.3 Å². The minimum absolute atomic E-state index is 0.0410. The van der Waals surface area contributed by atoms with Gasteiger partial charge in [-0.3, -0.25) is 9.69 Å². The summed E-state index contributed by atoms with van der Waals surface area (Å²) in [4.78, 5) is 15.3. The highest BCUT2D eigenvalue weighted by Crippen LogP contribution is 2.42. The van der Waals surface area contributed by atoms with Gasteiger partial charge >= 0.3 is 0 Å². The molecule has 1 amide bonds. The number of hydrogen-bond donors (Lipinski definition) is 1. The predicted octanol–water partition coefficient (Wildman–Crippen LogP) is 1.92. The molecule has 2 fully saturated rings. The minimum atomic E-state index is -0.418. The number of nitrogens with zero attached hydrogens (tertiary/aromatic N) is 1. The van der Waals surface area contributed by atoms with Gasteiger partial charge in [0.05, 0.1) is 11.5 Å². The Balaban J connectivity index is 1.49. The first-order chi connectivity index (χ1) is 12.1. The maximum atomic E-state index is 12.9. The summed E-state index contributed by atoms with van der Waals surface area (Å²) in [7, 11) is 0. The number of fused-ring (bicyclic) bond motifs is 2. The summed E-state index contributed by atoms with van der Waals surface area (Å²) in [6.45, 7) is 7.47. The lowest BCUT2D eigenvalue weighted by molar-refractivity contribution is -0.140. The molecule has 0 bridgehead atoms. The molecular formula is C19H26N2O4. The number of hydrogen-bond acceptors (Lipinski definition) is 5. The van der Waals surface area contributed by atoms with E-state index in [1.165, 1.54) is 5.56 Å². The van der Waals surface area contributed by atoms with Gasteiger partial charge in [-0.05, 0) is 44.4 Å². The first-order valence-corrected chi connectivity index (χ1v) is 9.10. The smallest absolute Gasteiger partial charge is 0.231 e. The predicted molar refractivity (Wildman–Crippen MR) is 92.5 cm³/mol. The lowest BCUT2D eigenvalue weighted by Gasteiger charge is -2.42. The van der Waals surface area contributed by atoms with Crippen LogP contribution in [-0.4, -0.2) is 49.4 Å². The van der Waals surface area contributed by atoms with Crippen molar-refractivity contribution in [1.29, 1.82) is 0 Å². The molecule has 1 aromatic carbocycles. The maximum absolute atomic E-state index is 12.9. The van der Waals surface area contributed by atoms with Gasteiger partial charge in [-0.1, -0.05) is 6.07 Å². The highest BCUT2D eigenvalue weighted by molar-refractivity contribution is 5.84. The molecule has 6 heteroatoms. The molecule has 0 saturated carbocycles. The first kappa shape index (κ1) is 16.7. The van der Waals surface area contributed by atoms with Gasteiger partial charge in [0.2, 0.25) is 12.7 Å². The third-order valence-corrected chi connectivity index (χ3v) is 5.41. The summed E-state index contributed by atoms with van der Waals surface area (Å²) in [5, 5.41) is 3.11. The summed E-state index contributed by atoms with van der Waals surface area (Å²) in [6, 6.07) is 6.23. The van der Waals surface area contributed by atoms with Gasteiger partial charge in [-0.2, -0.15) is 0 Å². The van der Waals surface area contributed by atoms with Crippen LogP contribution >= 0.6 is 0 Å². The van der Waals surface area contributed by atoms with E-state index in [0.29, 0.717) is 13.4 Å². The first-order valence-electron chi connectivity index (χ1n) is 9.10. The summed E-state index contributed by atoms with van der Waals surface area (Å²) < 4.78 is 16.8. The summed E-state index contributed by atoms with van der Waals surface area (Å²) in [5.74, 6) is 1.75. The maximum Gasteiger partial charge on any atom is 0.231 e. The summed E-state index contributed by atoms with van der Waals surface area (Å²) in [6.07, 6.45) is 1.74. The second-order valence-corrected chi connectivity index (χ2v) is 7.58. The van der Waals surface area contributed by atoms with Gasteiger partial charge in [0.15, 0.2) is 11.5 Å². The number of carbonyl (C=O) groups is 1. The van der Waals surface area contributed by atoms with E-state index in [2.05, 4.69) is 16.3 Å². The average Bonchev–Trinajstić information content (AvgIpc) is 3.20. The van der Waals surface area contributed by atoms with E-state index in [4.69, 9.17) is 14.2 Å². The Bertz CT molecular complexity index is 663. The number of carbonyl (C=O) groups excluding carboxylic acids is 1. The molecule has 1 N–H and O–H groups in total. The minimum Gasteiger partial charge on any atom is -0.454 e. The molecule has 2 saturated heterocycles. The molecule has 0 aromatic heterocycles. The fourth-order valence-corrected chi connectivity index (χ4v) is 4.19. The number of piperidine rings is 1. The highest BCUT2D eigenvalue weighted by Gasteiger charge is 2.53. The van der Waals surface area contributed by atoms with Crippen molar-refractivity contribution in [3.05, 3.63) is 23.8 Å². The molecule has 6 nitrogen and oxygen atoms in total. The Morgan fingerprint density at radius 2 is 2.20 bits per heavy atom. The van der Waals surface area contributed by atoms with Gasteiger partial charge in [-0.15, -0.1) is 0 Å². The monoisotopic (exact) mass is 346 g/mol. The van der Waals surface area contributed by atoms with Crippen LogP contribution in [0, 0.1) is 5.41 Å². The van der Waals surface area contributed by atoms with Crippen molar-refractivity contribution in [3.8, 4) is 11.5 Å². The fraction of sp³-hybridized carbons (Fsp3) is 0.632. The molecule has 0 radical (unpaired) electrons. The normalized spacial score (nSPS) is 28.2. The van der Waals surface area contributed by atoms with Crippen LogP contribution in [0.25, 0.3) is 0 Å². The molecule has 25 heavy (non-hydrogen) atoms. The molecule has 2 atom stereocenters. The lowest BCUT2D eigenvalue weighted by Crippen LogP contribution is -2.57. The van der Waals surface area contributed by atoms with Crippen molar-refractivity contribution in [2.75, 3.05) is 26.5 Å². The van der Waals surface area contributed by atoms with E-state index >= 15 is 0 Å². The zero-order chi connectivity index (χ0) is 17.4. The van der Waals surface area contributed by atoms with Gasteiger partial charge in [0.1, 0.15) is 0 Å². The number of amides is 1. The van der Waals surface area contributed by atoms with Crippen LogP contribution in [-0.2, 0) is 16.1 Å². The molecule has 1 aromatic rings. The molecular weight excluding hydrogens is 320 g/mol.